The van der Waals surface area contributed by atoms with Crippen LogP contribution in [0.3, 0.4) is 0 Å². The van der Waals surface area contributed by atoms with Crippen LogP contribution in [0.2, 0.25) is 0 Å². The summed E-state index contributed by atoms with van der Waals surface area (Å²) in [6, 6.07) is 0. The molecule has 1 aliphatic rings. The number of esters is 2. The number of allylic oxidation sites excluding steroid dienone is 2. The van der Waals surface area contributed by atoms with E-state index in [1.54, 1.807) is 0 Å². The molecule has 1 aromatic carbocycles. The van der Waals surface area contributed by atoms with Gasteiger partial charge in [0.05, 0.1) is 7.11 Å². The minimum Gasteiger partial charge on any atom is -0.496 e. The maximum Gasteiger partial charge on any atom is 0.342 e. The fourth-order valence-electron chi connectivity index (χ4n) is 2.95. The quantitative estimate of drug-likeness (QED) is 0.339. The molecule has 0 spiro atoms. The van der Waals surface area contributed by atoms with E-state index in [9.17, 15) is 14.4 Å². The molecule has 26 heavy (non-hydrogen) atoms. The number of ether oxygens (including phenoxy) is 3. The van der Waals surface area contributed by atoms with Gasteiger partial charge in [-0.1, -0.05) is 11.6 Å². The Bertz CT molecular complexity index is 794. The van der Waals surface area contributed by atoms with E-state index in [0.717, 1.165) is 11.1 Å². The van der Waals surface area contributed by atoms with Gasteiger partial charge < -0.3 is 14.2 Å². The number of fused-ring (bicyclic) bond motifs is 1. The van der Waals surface area contributed by atoms with E-state index in [1.807, 2.05) is 19.9 Å². The lowest BCUT2D eigenvalue weighted by atomic mass is 9.94. The van der Waals surface area contributed by atoms with E-state index in [-0.39, 0.29) is 23.0 Å². The highest BCUT2D eigenvalue weighted by atomic mass is 32.1. The van der Waals surface area contributed by atoms with Crippen molar-refractivity contribution in [1.29, 1.82) is 0 Å². The normalized spacial score (nSPS) is 13.3. The van der Waals surface area contributed by atoms with Crippen LogP contribution in [0.5, 0.6) is 11.5 Å². The van der Waals surface area contributed by atoms with Crippen molar-refractivity contribution < 1.29 is 28.6 Å². The number of hydrogen-bond donors (Lipinski definition) is 1. The predicted molar refractivity (Wildman–Crippen MR) is 98.8 cm³/mol. The molecule has 1 aromatic rings. The van der Waals surface area contributed by atoms with Crippen molar-refractivity contribution in [3.8, 4) is 11.5 Å². The Morgan fingerprint density at radius 3 is 2.50 bits per heavy atom. The average Bonchev–Trinajstić information content (AvgIpc) is 2.95. The van der Waals surface area contributed by atoms with Crippen molar-refractivity contribution in [3.05, 3.63) is 33.9 Å². The third-order valence-electron chi connectivity index (χ3n) is 4.26. The molecular formula is C19H22O6S. The van der Waals surface area contributed by atoms with Gasteiger partial charge in [0.2, 0.25) is 0 Å². The van der Waals surface area contributed by atoms with Crippen LogP contribution in [0.25, 0.3) is 0 Å². The third-order valence-corrected chi connectivity index (χ3v) is 4.48. The van der Waals surface area contributed by atoms with Gasteiger partial charge in [-0.2, -0.15) is 0 Å². The summed E-state index contributed by atoms with van der Waals surface area (Å²) >= 11 is 3.77. The lowest BCUT2D eigenvalue weighted by Gasteiger charge is -2.18. The molecule has 1 heterocycles. The lowest BCUT2D eigenvalue weighted by Crippen LogP contribution is -2.11. The molecule has 0 unspecified atom stereocenters. The van der Waals surface area contributed by atoms with E-state index in [1.165, 1.54) is 14.0 Å². The van der Waals surface area contributed by atoms with Gasteiger partial charge in [-0.25, -0.2) is 4.79 Å². The second kappa shape index (κ2) is 8.40. The van der Waals surface area contributed by atoms with E-state index in [4.69, 9.17) is 14.2 Å². The van der Waals surface area contributed by atoms with E-state index < -0.39 is 11.9 Å². The first kappa shape index (κ1) is 20.0. The van der Waals surface area contributed by atoms with Gasteiger partial charge in [0.15, 0.2) is 10.9 Å². The topological polar surface area (TPSA) is 78.9 Å². The molecule has 2 rings (SSSR count). The number of thiol groups is 1. The number of rotatable bonds is 7. The standard InChI is InChI=1S/C19H22O6S/c1-10(6-8-15(21)26)5-7-13-17(23-4)11(2)14-9-24-19(22)16(14)18(13)25-12(3)20/h5H,6-9H2,1-4H3,(H,21,26). The van der Waals surface area contributed by atoms with Crippen LogP contribution in [-0.4, -0.2) is 24.2 Å². The molecule has 6 nitrogen and oxygen atoms in total. The maximum absolute atomic E-state index is 12.2. The average molecular weight is 378 g/mol. The highest BCUT2D eigenvalue weighted by molar-refractivity contribution is 7.96. The Morgan fingerprint density at radius 2 is 1.92 bits per heavy atom. The summed E-state index contributed by atoms with van der Waals surface area (Å²) in [7, 11) is 1.53. The van der Waals surface area contributed by atoms with E-state index in [2.05, 4.69) is 12.6 Å². The predicted octanol–water partition coefficient (Wildman–Crippen LogP) is 3.32. The number of methoxy groups -OCH3 is 1. The summed E-state index contributed by atoms with van der Waals surface area (Å²) in [5, 5.41) is -0.174. The molecule has 0 N–H and O–H groups in total. The Kier molecular flexibility index (Phi) is 6.47. The van der Waals surface area contributed by atoms with Crippen molar-refractivity contribution in [1.82, 2.24) is 0 Å². The summed E-state index contributed by atoms with van der Waals surface area (Å²) in [6.45, 7) is 5.16. The number of carbonyl (C=O) groups is 3. The monoisotopic (exact) mass is 378 g/mol. The molecule has 0 bridgehead atoms. The molecule has 0 fully saturated rings. The fraction of sp³-hybridized carbons (Fsp3) is 0.421. The molecule has 1 aliphatic heterocycles. The second-order valence-electron chi connectivity index (χ2n) is 6.14. The first-order valence-electron chi connectivity index (χ1n) is 8.21. The Morgan fingerprint density at radius 1 is 1.23 bits per heavy atom. The van der Waals surface area contributed by atoms with Crippen LogP contribution in [-0.2, 0) is 27.4 Å². The Hall–Kier alpha value is -2.28. The molecule has 0 aliphatic carbocycles. The van der Waals surface area contributed by atoms with Crippen LogP contribution in [0.15, 0.2) is 11.6 Å². The zero-order valence-electron chi connectivity index (χ0n) is 15.3. The summed E-state index contributed by atoms with van der Waals surface area (Å²) < 4.78 is 16.0. The number of cyclic esters (lactones) is 1. The third kappa shape index (κ3) is 4.27. The van der Waals surface area contributed by atoms with Crippen molar-refractivity contribution >= 4 is 29.7 Å². The molecule has 0 saturated heterocycles. The van der Waals surface area contributed by atoms with Crippen LogP contribution in [0, 0.1) is 6.92 Å². The lowest BCUT2D eigenvalue weighted by molar-refractivity contribution is -0.132. The van der Waals surface area contributed by atoms with Crippen molar-refractivity contribution in [2.45, 2.75) is 46.6 Å². The van der Waals surface area contributed by atoms with Gasteiger partial charge >= 0.3 is 11.9 Å². The Balaban J connectivity index is 2.52. The van der Waals surface area contributed by atoms with Crippen LogP contribution < -0.4 is 9.47 Å². The van der Waals surface area contributed by atoms with Crippen LogP contribution in [0.1, 0.15) is 53.7 Å². The van der Waals surface area contributed by atoms with Crippen molar-refractivity contribution in [3.63, 3.8) is 0 Å². The Labute approximate surface area is 157 Å². The molecule has 0 amide bonds. The van der Waals surface area contributed by atoms with Gasteiger partial charge in [0.1, 0.15) is 17.9 Å². The summed E-state index contributed by atoms with van der Waals surface area (Å²) in [4.78, 5) is 34.8. The summed E-state index contributed by atoms with van der Waals surface area (Å²) in [5.41, 5.74) is 3.34. The van der Waals surface area contributed by atoms with Gasteiger partial charge in [-0.3, -0.25) is 9.59 Å². The largest absolute Gasteiger partial charge is 0.496 e. The second-order valence-corrected chi connectivity index (χ2v) is 6.64. The number of benzene rings is 1. The van der Waals surface area contributed by atoms with Crippen LogP contribution >= 0.6 is 12.6 Å². The molecular weight excluding hydrogens is 356 g/mol. The van der Waals surface area contributed by atoms with Crippen LogP contribution in [0.4, 0.5) is 0 Å². The summed E-state index contributed by atoms with van der Waals surface area (Å²) in [5.74, 6) is -0.288. The smallest absolute Gasteiger partial charge is 0.342 e. The zero-order chi connectivity index (χ0) is 19.4. The first-order valence-corrected chi connectivity index (χ1v) is 8.66. The van der Waals surface area contributed by atoms with E-state index >= 15 is 0 Å². The van der Waals surface area contributed by atoms with Gasteiger partial charge in [-0.15, -0.1) is 12.6 Å². The summed E-state index contributed by atoms with van der Waals surface area (Å²) in [6.07, 6.45) is 3.24. The van der Waals surface area contributed by atoms with Crippen molar-refractivity contribution in [2.75, 3.05) is 7.11 Å². The molecule has 0 radical (unpaired) electrons. The zero-order valence-corrected chi connectivity index (χ0v) is 16.2. The molecule has 0 aromatic heterocycles. The highest BCUT2D eigenvalue weighted by Gasteiger charge is 2.33. The molecule has 140 valence electrons. The maximum atomic E-state index is 12.2. The molecule has 0 saturated carbocycles. The minimum absolute atomic E-state index is 0.129. The molecule has 0 atom stereocenters. The van der Waals surface area contributed by atoms with Crippen molar-refractivity contribution in [2.24, 2.45) is 0 Å². The van der Waals surface area contributed by atoms with E-state index in [0.29, 0.717) is 36.1 Å². The minimum atomic E-state index is -0.527. The SMILES string of the molecule is COc1c(C)c2c(c(OC(C)=O)c1CC=C(C)CCC(=O)S)C(=O)OC2. The molecule has 7 heteroatoms. The van der Waals surface area contributed by atoms with Gasteiger partial charge in [0.25, 0.3) is 0 Å². The first-order chi connectivity index (χ1) is 12.3. The highest BCUT2D eigenvalue weighted by Crippen LogP contribution is 2.42. The number of hydrogen-bond acceptors (Lipinski definition) is 6. The fourth-order valence-corrected chi connectivity index (χ4v) is 3.06. The van der Waals surface area contributed by atoms with Gasteiger partial charge in [0, 0.05) is 24.5 Å². The number of carbonyl (C=O) groups excluding carboxylic acids is 3. The van der Waals surface area contributed by atoms with Gasteiger partial charge in [-0.05, 0) is 32.3 Å².